The third-order valence-electron chi connectivity index (χ3n) is 5.09. The lowest BCUT2D eigenvalue weighted by molar-refractivity contribution is 0.0697. The van der Waals surface area contributed by atoms with Crippen LogP contribution in [-0.4, -0.2) is 17.1 Å². The number of carbonyl (C=O) groups excluding carboxylic acids is 1. The molecule has 0 bridgehead atoms. The van der Waals surface area contributed by atoms with Gasteiger partial charge in [-0.25, -0.2) is 18.4 Å². The first-order valence-electron chi connectivity index (χ1n) is 9.44. The molecule has 8 heteroatoms. The zero-order valence-corrected chi connectivity index (χ0v) is 16.5. The third-order valence-corrected chi connectivity index (χ3v) is 5.09. The summed E-state index contributed by atoms with van der Waals surface area (Å²) in [6, 6.07) is 12.8. The average molecular weight is 424 g/mol. The standard InChI is InChI=1S/C23H18F2N2O4/c1-13-5-8-16(31-12-17-18(24)3-2-4-19(17)25)10-21(13)27-11-15-7-6-14(22(28)29)9-20(15)26-23(27)30/h2-10H,11-12H2,1H3,(H,26,30)(H,28,29). The minimum atomic E-state index is -1.08. The van der Waals surface area contributed by atoms with E-state index in [0.29, 0.717) is 17.1 Å². The fourth-order valence-electron chi connectivity index (χ4n) is 3.38. The van der Waals surface area contributed by atoms with Gasteiger partial charge in [0.15, 0.2) is 0 Å². The molecule has 158 valence electrons. The summed E-state index contributed by atoms with van der Waals surface area (Å²) in [6.07, 6.45) is 0. The van der Waals surface area contributed by atoms with E-state index in [2.05, 4.69) is 5.32 Å². The van der Waals surface area contributed by atoms with Gasteiger partial charge in [-0.15, -0.1) is 0 Å². The molecule has 0 fully saturated rings. The summed E-state index contributed by atoms with van der Waals surface area (Å²) in [5, 5.41) is 11.8. The van der Waals surface area contributed by atoms with E-state index in [-0.39, 0.29) is 24.3 Å². The maximum Gasteiger partial charge on any atom is 0.335 e. The topological polar surface area (TPSA) is 78.9 Å². The number of hydrogen-bond donors (Lipinski definition) is 2. The Hall–Kier alpha value is -3.94. The number of carbonyl (C=O) groups is 2. The van der Waals surface area contributed by atoms with Gasteiger partial charge in [-0.1, -0.05) is 18.2 Å². The van der Waals surface area contributed by atoms with E-state index in [9.17, 15) is 18.4 Å². The van der Waals surface area contributed by atoms with E-state index in [1.54, 1.807) is 24.3 Å². The monoisotopic (exact) mass is 424 g/mol. The van der Waals surface area contributed by atoms with E-state index in [1.165, 1.54) is 23.1 Å². The summed E-state index contributed by atoms with van der Waals surface area (Å²) in [6.45, 7) is 1.76. The Balaban J connectivity index is 1.58. The van der Waals surface area contributed by atoms with Crippen molar-refractivity contribution in [2.45, 2.75) is 20.1 Å². The fraction of sp³-hybridized carbons (Fsp3) is 0.130. The van der Waals surface area contributed by atoms with Crippen LogP contribution in [-0.2, 0) is 13.2 Å². The van der Waals surface area contributed by atoms with Crippen LogP contribution >= 0.6 is 0 Å². The second kappa shape index (κ2) is 8.06. The minimum absolute atomic E-state index is 0.0828. The number of rotatable bonds is 5. The Labute approximate surface area is 176 Å². The number of anilines is 2. The SMILES string of the molecule is Cc1ccc(OCc2c(F)cccc2F)cc1N1Cc2ccc(C(=O)O)cc2NC1=O. The van der Waals surface area contributed by atoms with Gasteiger partial charge in [-0.2, -0.15) is 0 Å². The van der Waals surface area contributed by atoms with Crippen LogP contribution in [0.1, 0.15) is 27.0 Å². The molecule has 0 saturated carbocycles. The van der Waals surface area contributed by atoms with Gasteiger partial charge in [-0.05, 0) is 48.4 Å². The van der Waals surface area contributed by atoms with Crippen molar-refractivity contribution in [3.8, 4) is 5.75 Å². The van der Waals surface area contributed by atoms with Crippen LogP contribution in [0.4, 0.5) is 25.0 Å². The van der Waals surface area contributed by atoms with E-state index in [4.69, 9.17) is 9.84 Å². The maximum absolute atomic E-state index is 13.8. The van der Waals surface area contributed by atoms with E-state index < -0.39 is 23.6 Å². The number of urea groups is 1. The van der Waals surface area contributed by atoms with Crippen molar-refractivity contribution in [3.05, 3.63) is 88.5 Å². The highest BCUT2D eigenvalue weighted by Gasteiger charge is 2.26. The molecule has 0 atom stereocenters. The number of aryl methyl sites for hydroxylation is 1. The molecular formula is C23H18F2N2O4. The zero-order chi connectivity index (χ0) is 22.1. The summed E-state index contributed by atoms with van der Waals surface area (Å²) in [7, 11) is 0. The number of amides is 2. The Morgan fingerprint density at radius 3 is 2.58 bits per heavy atom. The van der Waals surface area contributed by atoms with Crippen LogP contribution in [0.25, 0.3) is 0 Å². The highest BCUT2D eigenvalue weighted by molar-refractivity contribution is 6.05. The summed E-state index contributed by atoms with van der Waals surface area (Å²) in [4.78, 5) is 25.4. The van der Waals surface area contributed by atoms with Gasteiger partial charge >= 0.3 is 12.0 Å². The lowest BCUT2D eigenvalue weighted by Crippen LogP contribution is -2.39. The number of hydrogen-bond acceptors (Lipinski definition) is 3. The molecule has 1 aliphatic heterocycles. The molecule has 1 aliphatic rings. The van der Waals surface area contributed by atoms with Gasteiger partial charge in [0.2, 0.25) is 0 Å². The lowest BCUT2D eigenvalue weighted by atomic mass is 10.1. The van der Waals surface area contributed by atoms with Crippen LogP contribution in [0.5, 0.6) is 5.75 Å². The molecule has 31 heavy (non-hydrogen) atoms. The quantitative estimate of drug-likeness (QED) is 0.597. The summed E-state index contributed by atoms with van der Waals surface area (Å²) in [5.41, 5.74) is 2.47. The van der Waals surface area contributed by atoms with Gasteiger partial charge < -0.3 is 15.2 Å². The molecule has 0 radical (unpaired) electrons. The number of aromatic carboxylic acids is 1. The number of nitrogens with one attached hydrogen (secondary N) is 1. The molecule has 6 nitrogen and oxygen atoms in total. The predicted molar refractivity (Wildman–Crippen MR) is 110 cm³/mol. The number of ether oxygens (including phenoxy) is 1. The Morgan fingerprint density at radius 1 is 1.13 bits per heavy atom. The van der Waals surface area contributed by atoms with Crippen LogP contribution in [0.15, 0.2) is 54.6 Å². The molecule has 0 unspecified atom stereocenters. The normalized spacial score (nSPS) is 12.9. The third kappa shape index (κ3) is 4.05. The molecule has 0 saturated heterocycles. The van der Waals surface area contributed by atoms with Crippen molar-refractivity contribution in [2.75, 3.05) is 10.2 Å². The first-order chi connectivity index (χ1) is 14.8. The number of carboxylic acid groups (broad SMARTS) is 1. The van der Waals surface area contributed by atoms with Gasteiger partial charge in [-0.3, -0.25) is 4.90 Å². The van der Waals surface area contributed by atoms with Crippen LogP contribution in [0.2, 0.25) is 0 Å². The van der Waals surface area contributed by atoms with Crippen molar-refractivity contribution in [1.82, 2.24) is 0 Å². The van der Waals surface area contributed by atoms with Crippen LogP contribution in [0, 0.1) is 18.6 Å². The summed E-state index contributed by atoms with van der Waals surface area (Å²) in [5.74, 6) is -2.12. The molecule has 0 aliphatic carbocycles. The molecule has 2 N–H and O–H groups in total. The van der Waals surface area contributed by atoms with Crippen LogP contribution < -0.4 is 15.0 Å². The Bertz CT molecular complexity index is 1180. The van der Waals surface area contributed by atoms with E-state index >= 15 is 0 Å². The summed E-state index contributed by atoms with van der Waals surface area (Å²) >= 11 is 0. The Kier molecular flexibility index (Phi) is 5.29. The van der Waals surface area contributed by atoms with Gasteiger partial charge in [0.05, 0.1) is 23.4 Å². The lowest BCUT2D eigenvalue weighted by Gasteiger charge is -2.31. The van der Waals surface area contributed by atoms with Crippen molar-refractivity contribution in [2.24, 2.45) is 0 Å². The van der Waals surface area contributed by atoms with Crippen molar-refractivity contribution < 1.29 is 28.2 Å². The van der Waals surface area contributed by atoms with Gasteiger partial charge in [0.1, 0.15) is 24.0 Å². The highest BCUT2D eigenvalue weighted by atomic mass is 19.1. The minimum Gasteiger partial charge on any atom is -0.489 e. The second-order valence-corrected chi connectivity index (χ2v) is 7.13. The van der Waals surface area contributed by atoms with E-state index in [0.717, 1.165) is 23.3 Å². The molecule has 4 rings (SSSR count). The molecule has 0 spiro atoms. The smallest absolute Gasteiger partial charge is 0.335 e. The van der Waals surface area contributed by atoms with Crippen molar-refractivity contribution >= 4 is 23.4 Å². The number of carboxylic acids is 1. The first-order valence-corrected chi connectivity index (χ1v) is 9.44. The van der Waals surface area contributed by atoms with E-state index in [1.807, 2.05) is 6.92 Å². The number of benzene rings is 3. The molecule has 3 aromatic carbocycles. The zero-order valence-electron chi connectivity index (χ0n) is 16.5. The number of fused-ring (bicyclic) bond motifs is 1. The predicted octanol–water partition coefficient (Wildman–Crippen LogP) is 5.10. The Morgan fingerprint density at radius 2 is 1.87 bits per heavy atom. The van der Waals surface area contributed by atoms with Crippen molar-refractivity contribution in [1.29, 1.82) is 0 Å². The fourth-order valence-corrected chi connectivity index (χ4v) is 3.38. The second-order valence-electron chi connectivity index (χ2n) is 7.13. The highest BCUT2D eigenvalue weighted by Crippen LogP contribution is 2.33. The van der Waals surface area contributed by atoms with Gasteiger partial charge in [0.25, 0.3) is 0 Å². The average Bonchev–Trinajstić information content (AvgIpc) is 2.73. The molecule has 3 aromatic rings. The van der Waals surface area contributed by atoms with Gasteiger partial charge in [0, 0.05) is 11.8 Å². The largest absolute Gasteiger partial charge is 0.489 e. The van der Waals surface area contributed by atoms with Crippen molar-refractivity contribution in [3.63, 3.8) is 0 Å². The van der Waals surface area contributed by atoms with Crippen LogP contribution in [0.3, 0.4) is 0 Å². The molecule has 2 amide bonds. The number of nitrogens with zero attached hydrogens (tertiary/aromatic N) is 1. The first kappa shape index (κ1) is 20.3. The maximum atomic E-state index is 13.8. The summed E-state index contributed by atoms with van der Waals surface area (Å²) < 4.78 is 33.3. The molecule has 1 heterocycles. The molecule has 0 aromatic heterocycles. The number of halogens is 2. The molecular weight excluding hydrogens is 406 g/mol.